The van der Waals surface area contributed by atoms with Crippen LogP contribution in [0.2, 0.25) is 0 Å². The van der Waals surface area contributed by atoms with E-state index in [0.29, 0.717) is 0 Å². The third kappa shape index (κ3) is 2.01. The van der Waals surface area contributed by atoms with Crippen LogP contribution in [-0.4, -0.2) is 0 Å². The molecule has 0 heterocycles. The molecule has 14 heavy (non-hydrogen) atoms. The van der Waals surface area contributed by atoms with Crippen molar-refractivity contribution in [1.82, 2.24) is 0 Å². The lowest BCUT2D eigenvalue weighted by Gasteiger charge is -2.23. The maximum absolute atomic E-state index is 12.0. The van der Waals surface area contributed by atoms with Gasteiger partial charge >= 0.3 is 0 Å². The molecule has 0 aliphatic rings. The van der Waals surface area contributed by atoms with Crippen molar-refractivity contribution >= 4 is 18.8 Å². The third-order valence-electron chi connectivity index (χ3n) is 1.98. The average Bonchev–Trinajstić information content (AvgIpc) is 2.30. The van der Waals surface area contributed by atoms with Crippen molar-refractivity contribution in [1.29, 1.82) is 0 Å². The normalized spacial score (nSPS) is 10.4. The largest absolute Gasteiger partial charge is 0.822 e. The van der Waals surface area contributed by atoms with Crippen molar-refractivity contribution in [2.45, 2.75) is 0 Å². The van der Waals surface area contributed by atoms with Crippen LogP contribution in [0.25, 0.3) is 0 Å². The monoisotopic (exact) mass is 201 g/mol. The number of rotatable bonds is 2. The quantitative estimate of drug-likeness (QED) is 0.673. The summed E-state index contributed by atoms with van der Waals surface area (Å²) in [6, 6.07) is 19.1. The van der Waals surface area contributed by atoms with Gasteiger partial charge in [0.1, 0.15) is 0 Å². The van der Waals surface area contributed by atoms with Gasteiger partial charge in [-0.15, -0.1) is 8.15 Å². The van der Waals surface area contributed by atoms with E-state index in [2.05, 4.69) is 0 Å². The maximum Gasteiger partial charge on any atom is -0.0353 e. The van der Waals surface area contributed by atoms with Crippen molar-refractivity contribution in [2.75, 3.05) is 0 Å². The summed E-state index contributed by atoms with van der Waals surface area (Å²) in [6.07, 6.45) is 0. The highest BCUT2D eigenvalue weighted by atomic mass is 31.1. The summed E-state index contributed by atoms with van der Waals surface area (Å²) in [5.74, 6) is 0. The molecule has 0 N–H and O–H groups in total. The lowest BCUT2D eigenvalue weighted by molar-refractivity contribution is -0.153. The Morgan fingerprint density at radius 1 is 0.643 bits per heavy atom. The molecule has 0 fully saturated rings. The molecule has 1 nitrogen and oxygen atoms in total. The second kappa shape index (κ2) is 4.36. The molecule has 0 bridgehead atoms. The molecule has 2 rings (SSSR count). The van der Waals surface area contributed by atoms with Crippen LogP contribution in [0.15, 0.2) is 60.7 Å². The van der Waals surface area contributed by atoms with Gasteiger partial charge in [0, 0.05) is 0 Å². The van der Waals surface area contributed by atoms with E-state index in [1.807, 2.05) is 60.7 Å². The standard InChI is InChI=1S/C12H10OP/c13-14(11-7-3-1-4-8-11)12-9-5-2-6-10-12/h1-10H/q-1. The van der Waals surface area contributed by atoms with Gasteiger partial charge in [-0.3, -0.25) is 0 Å². The van der Waals surface area contributed by atoms with Gasteiger partial charge in [0.2, 0.25) is 0 Å². The van der Waals surface area contributed by atoms with Crippen LogP contribution in [0, 0.1) is 0 Å². The Bertz CT molecular complexity index is 346. The number of hydrogen-bond donors (Lipinski definition) is 0. The topological polar surface area (TPSA) is 23.1 Å². The summed E-state index contributed by atoms with van der Waals surface area (Å²) >= 11 is 0. The molecule has 2 aromatic carbocycles. The number of hydrogen-bond acceptors (Lipinski definition) is 1. The average molecular weight is 201 g/mol. The van der Waals surface area contributed by atoms with Crippen molar-refractivity contribution in [3.8, 4) is 0 Å². The lowest BCUT2D eigenvalue weighted by atomic mass is 10.4. The molecule has 70 valence electrons. The molecule has 2 aromatic rings. The third-order valence-corrected chi connectivity index (χ3v) is 3.52. The van der Waals surface area contributed by atoms with Crippen LogP contribution >= 0.6 is 8.15 Å². The summed E-state index contributed by atoms with van der Waals surface area (Å²) < 4.78 is 0. The van der Waals surface area contributed by atoms with Gasteiger partial charge < -0.3 is 4.89 Å². The lowest BCUT2D eigenvalue weighted by Crippen LogP contribution is -2.19. The first-order chi connectivity index (χ1) is 6.88. The zero-order chi connectivity index (χ0) is 9.80. The Labute approximate surface area is 84.9 Å². The van der Waals surface area contributed by atoms with E-state index < -0.39 is 8.15 Å². The zero-order valence-electron chi connectivity index (χ0n) is 7.63. The maximum atomic E-state index is 12.0. The molecule has 0 aromatic heterocycles. The fourth-order valence-electron chi connectivity index (χ4n) is 1.28. The second-order valence-electron chi connectivity index (χ2n) is 2.97. The summed E-state index contributed by atoms with van der Waals surface area (Å²) in [5.41, 5.74) is 0. The first-order valence-corrected chi connectivity index (χ1v) is 5.71. The van der Waals surface area contributed by atoms with Crippen molar-refractivity contribution in [3.63, 3.8) is 0 Å². The summed E-state index contributed by atoms with van der Waals surface area (Å²) in [7, 11) is -1.42. The summed E-state index contributed by atoms with van der Waals surface area (Å²) in [4.78, 5) is 12.0. The van der Waals surface area contributed by atoms with E-state index in [9.17, 15) is 4.89 Å². The van der Waals surface area contributed by atoms with E-state index in [1.165, 1.54) is 0 Å². The summed E-state index contributed by atoms with van der Waals surface area (Å²) in [5, 5.41) is 1.77. The van der Waals surface area contributed by atoms with Crippen LogP contribution in [0.1, 0.15) is 0 Å². The van der Waals surface area contributed by atoms with Crippen LogP contribution in [0.4, 0.5) is 0 Å². The van der Waals surface area contributed by atoms with E-state index in [1.54, 1.807) is 0 Å². The van der Waals surface area contributed by atoms with Gasteiger partial charge in [-0.1, -0.05) is 60.7 Å². The molecular weight excluding hydrogens is 191 g/mol. The molecule has 0 unspecified atom stereocenters. The Morgan fingerprint density at radius 3 is 1.36 bits per heavy atom. The van der Waals surface area contributed by atoms with Crippen LogP contribution in [0.5, 0.6) is 0 Å². The van der Waals surface area contributed by atoms with Gasteiger partial charge in [0.05, 0.1) is 0 Å². The highest BCUT2D eigenvalue weighted by Crippen LogP contribution is 2.21. The molecule has 0 aliphatic carbocycles. The number of benzene rings is 2. The van der Waals surface area contributed by atoms with E-state index in [-0.39, 0.29) is 0 Å². The van der Waals surface area contributed by atoms with Gasteiger partial charge in [0.25, 0.3) is 0 Å². The predicted octanol–water partition coefficient (Wildman–Crippen LogP) is 1.39. The fraction of sp³-hybridized carbons (Fsp3) is 0. The zero-order valence-corrected chi connectivity index (χ0v) is 8.52. The Morgan fingerprint density at radius 2 is 1.00 bits per heavy atom. The van der Waals surface area contributed by atoms with Crippen LogP contribution in [-0.2, 0) is 0 Å². The first kappa shape index (κ1) is 9.39. The smallest absolute Gasteiger partial charge is 0.0353 e. The van der Waals surface area contributed by atoms with Crippen LogP contribution < -0.4 is 15.5 Å². The molecule has 0 saturated carbocycles. The molecule has 0 aliphatic heterocycles. The van der Waals surface area contributed by atoms with E-state index >= 15 is 0 Å². The Hall–Kier alpha value is -1.17. The van der Waals surface area contributed by atoms with Gasteiger partial charge in [-0.05, 0) is 10.6 Å². The van der Waals surface area contributed by atoms with Crippen molar-refractivity contribution in [2.24, 2.45) is 0 Å². The first-order valence-electron chi connectivity index (χ1n) is 4.45. The Kier molecular flexibility index (Phi) is 2.93. The molecule has 0 saturated heterocycles. The minimum Gasteiger partial charge on any atom is -0.822 e. The van der Waals surface area contributed by atoms with Crippen molar-refractivity contribution < 1.29 is 4.89 Å². The molecule has 0 amide bonds. The van der Waals surface area contributed by atoms with Gasteiger partial charge in [-0.2, -0.15) is 0 Å². The minimum atomic E-state index is -1.42. The highest BCUT2D eigenvalue weighted by Gasteiger charge is 1.98. The van der Waals surface area contributed by atoms with Gasteiger partial charge in [-0.25, -0.2) is 0 Å². The molecule has 0 spiro atoms. The second-order valence-corrected chi connectivity index (χ2v) is 4.59. The van der Waals surface area contributed by atoms with E-state index in [0.717, 1.165) is 10.6 Å². The predicted molar refractivity (Wildman–Crippen MR) is 59.1 cm³/mol. The molecule has 0 radical (unpaired) electrons. The molecule has 2 heteroatoms. The SMILES string of the molecule is [O-]P(c1ccccc1)c1ccccc1. The summed E-state index contributed by atoms with van der Waals surface area (Å²) in [6.45, 7) is 0. The highest BCUT2D eigenvalue weighted by molar-refractivity contribution is 7.66. The van der Waals surface area contributed by atoms with E-state index in [4.69, 9.17) is 0 Å². The van der Waals surface area contributed by atoms with Crippen LogP contribution in [0.3, 0.4) is 0 Å². The van der Waals surface area contributed by atoms with Crippen molar-refractivity contribution in [3.05, 3.63) is 60.7 Å². The molecule has 0 atom stereocenters. The van der Waals surface area contributed by atoms with Gasteiger partial charge in [0.15, 0.2) is 0 Å². The Balaban J connectivity index is 2.30. The fourth-order valence-corrected chi connectivity index (χ4v) is 2.46. The minimum absolute atomic E-state index is 0.883. The molecular formula is C12H10OP-.